The van der Waals surface area contributed by atoms with Gasteiger partial charge in [-0.1, -0.05) is 0 Å². The fourth-order valence-electron chi connectivity index (χ4n) is 2.52. The molecule has 3 N–H and O–H groups in total. The molecule has 1 aromatic rings. The molecule has 0 aromatic carbocycles. The topological polar surface area (TPSA) is 83.5 Å². The van der Waals surface area contributed by atoms with Crippen molar-refractivity contribution in [2.45, 2.75) is 64.3 Å². The zero-order chi connectivity index (χ0) is 17.3. The Labute approximate surface area is 145 Å². The number of anilines is 1. The van der Waals surface area contributed by atoms with Crippen LogP contribution in [-0.4, -0.2) is 33.4 Å². The molecule has 2 rings (SSSR count). The molecule has 0 unspecified atom stereocenters. The van der Waals surface area contributed by atoms with Crippen LogP contribution in [0.5, 0.6) is 0 Å². The van der Waals surface area contributed by atoms with Gasteiger partial charge in [0.2, 0.25) is 0 Å². The number of carbonyl (C=O) groups excluding carboxylic acids is 1. The van der Waals surface area contributed by atoms with Gasteiger partial charge in [0.1, 0.15) is 11.4 Å². The Morgan fingerprint density at radius 1 is 1.52 bits per heavy atom. The minimum atomic E-state index is -0.595. The Morgan fingerprint density at radius 3 is 2.74 bits per heavy atom. The lowest BCUT2D eigenvalue weighted by Crippen LogP contribution is -2.48. The number of amides is 1. The normalized spacial score (nSPS) is 23.8. The molecule has 1 aromatic heterocycles. The Bertz CT molecular complexity index is 576. The van der Waals surface area contributed by atoms with Crippen molar-refractivity contribution in [1.82, 2.24) is 10.3 Å². The lowest BCUT2D eigenvalue weighted by molar-refractivity contribution is -0.0235. The predicted molar refractivity (Wildman–Crippen MR) is 92.3 cm³/mol. The highest BCUT2D eigenvalue weighted by Gasteiger charge is 2.38. The number of rotatable bonds is 4. The molecule has 6 nitrogen and oxygen atoms in total. The van der Waals surface area contributed by atoms with E-state index in [-0.39, 0.29) is 6.04 Å². The predicted octanol–water partition coefficient (Wildman–Crippen LogP) is 3.19. The maximum Gasteiger partial charge on any atom is 0.407 e. The number of pyridine rings is 1. The third-order valence-corrected chi connectivity index (χ3v) is 3.90. The molecule has 0 saturated heterocycles. The van der Waals surface area contributed by atoms with Crippen molar-refractivity contribution in [2.75, 3.05) is 5.32 Å². The molecule has 1 aliphatic rings. The summed E-state index contributed by atoms with van der Waals surface area (Å²) in [7, 11) is 0. The zero-order valence-corrected chi connectivity index (χ0v) is 15.5. The van der Waals surface area contributed by atoms with Crippen LogP contribution in [0.4, 0.5) is 10.6 Å². The van der Waals surface area contributed by atoms with Gasteiger partial charge in [0.25, 0.3) is 0 Å². The van der Waals surface area contributed by atoms with Crippen LogP contribution in [0.25, 0.3) is 0 Å². The molecule has 0 spiro atoms. The van der Waals surface area contributed by atoms with E-state index in [1.54, 1.807) is 6.20 Å². The van der Waals surface area contributed by atoms with E-state index < -0.39 is 17.3 Å². The third kappa shape index (κ3) is 5.66. The van der Waals surface area contributed by atoms with Crippen LogP contribution >= 0.6 is 15.9 Å². The highest BCUT2D eigenvalue weighted by atomic mass is 79.9. The van der Waals surface area contributed by atoms with E-state index in [4.69, 9.17) is 4.74 Å². The van der Waals surface area contributed by atoms with E-state index in [2.05, 4.69) is 31.5 Å². The van der Waals surface area contributed by atoms with Crippen LogP contribution in [0.15, 0.2) is 16.7 Å². The van der Waals surface area contributed by atoms with Crippen molar-refractivity contribution in [2.24, 2.45) is 0 Å². The molecule has 1 saturated carbocycles. The lowest BCUT2D eigenvalue weighted by atomic mass is 9.77. The number of aliphatic hydroxyl groups is 1. The maximum absolute atomic E-state index is 11.8. The second-order valence-corrected chi connectivity index (χ2v) is 8.18. The smallest absolute Gasteiger partial charge is 0.407 e. The SMILES string of the molecule is CC1(O)CC(Nc2ncc(Br)cc2CNC(=O)OC(C)(C)C)C1. The second-order valence-electron chi connectivity index (χ2n) is 7.26. The van der Waals surface area contributed by atoms with Crippen molar-refractivity contribution < 1.29 is 14.6 Å². The molecule has 23 heavy (non-hydrogen) atoms. The molecule has 0 aliphatic heterocycles. The number of hydrogen-bond donors (Lipinski definition) is 3. The first-order chi connectivity index (χ1) is 10.5. The molecule has 1 amide bonds. The van der Waals surface area contributed by atoms with Gasteiger partial charge in [0, 0.05) is 28.8 Å². The van der Waals surface area contributed by atoms with E-state index in [0.717, 1.165) is 10.0 Å². The summed E-state index contributed by atoms with van der Waals surface area (Å²) in [5.41, 5.74) is -0.267. The van der Waals surface area contributed by atoms with Gasteiger partial charge in [-0.05, 0) is 62.5 Å². The highest BCUT2D eigenvalue weighted by Crippen LogP contribution is 2.34. The average Bonchev–Trinajstić information content (AvgIpc) is 2.34. The summed E-state index contributed by atoms with van der Waals surface area (Å²) in [5, 5.41) is 15.9. The minimum Gasteiger partial charge on any atom is -0.444 e. The van der Waals surface area contributed by atoms with Gasteiger partial charge in [-0.3, -0.25) is 0 Å². The van der Waals surface area contributed by atoms with Gasteiger partial charge >= 0.3 is 6.09 Å². The molecule has 7 heteroatoms. The number of nitrogens with one attached hydrogen (secondary N) is 2. The van der Waals surface area contributed by atoms with Crippen LogP contribution in [0.1, 0.15) is 46.1 Å². The van der Waals surface area contributed by atoms with E-state index in [9.17, 15) is 9.90 Å². The number of halogens is 1. The maximum atomic E-state index is 11.8. The van der Waals surface area contributed by atoms with Crippen LogP contribution in [0.2, 0.25) is 0 Å². The number of carbonyl (C=O) groups is 1. The summed E-state index contributed by atoms with van der Waals surface area (Å²) in [6.07, 6.45) is 2.61. The Hall–Kier alpha value is -1.34. The van der Waals surface area contributed by atoms with Crippen molar-refractivity contribution in [3.05, 3.63) is 22.3 Å². The summed E-state index contributed by atoms with van der Waals surface area (Å²) in [4.78, 5) is 16.2. The average molecular weight is 386 g/mol. The molecule has 128 valence electrons. The zero-order valence-electron chi connectivity index (χ0n) is 13.9. The summed E-state index contributed by atoms with van der Waals surface area (Å²) < 4.78 is 6.07. The molecular formula is C16H24BrN3O3. The number of alkyl carbamates (subject to hydrolysis) is 1. The van der Waals surface area contributed by atoms with Gasteiger partial charge in [-0.15, -0.1) is 0 Å². The molecule has 0 radical (unpaired) electrons. The van der Waals surface area contributed by atoms with Crippen molar-refractivity contribution >= 4 is 27.8 Å². The van der Waals surface area contributed by atoms with Crippen LogP contribution < -0.4 is 10.6 Å². The van der Waals surface area contributed by atoms with E-state index >= 15 is 0 Å². The first kappa shape index (κ1) is 18.0. The largest absolute Gasteiger partial charge is 0.444 e. The molecule has 0 bridgehead atoms. The Kier molecular flexibility index (Phi) is 5.20. The number of aromatic nitrogens is 1. The van der Waals surface area contributed by atoms with Crippen LogP contribution in [0.3, 0.4) is 0 Å². The first-order valence-electron chi connectivity index (χ1n) is 7.64. The van der Waals surface area contributed by atoms with Gasteiger partial charge in [-0.2, -0.15) is 0 Å². The second kappa shape index (κ2) is 6.65. The quantitative estimate of drug-likeness (QED) is 0.740. The number of ether oxygens (including phenoxy) is 1. The van der Waals surface area contributed by atoms with E-state index in [1.807, 2.05) is 33.8 Å². The molecule has 1 fully saturated rings. The first-order valence-corrected chi connectivity index (χ1v) is 8.44. The third-order valence-electron chi connectivity index (χ3n) is 3.47. The monoisotopic (exact) mass is 385 g/mol. The van der Waals surface area contributed by atoms with Crippen molar-refractivity contribution in [1.29, 1.82) is 0 Å². The van der Waals surface area contributed by atoms with Crippen molar-refractivity contribution in [3.63, 3.8) is 0 Å². The van der Waals surface area contributed by atoms with Gasteiger partial charge < -0.3 is 20.5 Å². The summed E-state index contributed by atoms with van der Waals surface area (Å²) in [6.45, 7) is 7.60. The van der Waals surface area contributed by atoms with Crippen LogP contribution in [0, 0.1) is 0 Å². The van der Waals surface area contributed by atoms with Crippen LogP contribution in [-0.2, 0) is 11.3 Å². The molecule has 1 heterocycles. The van der Waals surface area contributed by atoms with Gasteiger partial charge in [-0.25, -0.2) is 9.78 Å². The fraction of sp³-hybridized carbons (Fsp3) is 0.625. The summed E-state index contributed by atoms with van der Waals surface area (Å²) in [6, 6.07) is 2.10. The number of hydrogen-bond acceptors (Lipinski definition) is 5. The minimum absolute atomic E-state index is 0.193. The summed E-state index contributed by atoms with van der Waals surface area (Å²) in [5.74, 6) is 0.713. The molecular weight excluding hydrogens is 362 g/mol. The lowest BCUT2D eigenvalue weighted by Gasteiger charge is -2.41. The fourth-order valence-corrected chi connectivity index (χ4v) is 2.90. The Balaban J connectivity index is 1.97. The Morgan fingerprint density at radius 2 is 2.17 bits per heavy atom. The van der Waals surface area contributed by atoms with E-state index in [1.165, 1.54) is 0 Å². The number of nitrogens with zero attached hydrogens (tertiary/aromatic N) is 1. The summed E-state index contributed by atoms with van der Waals surface area (Å²) >= 11 is 3.39. The highest BCUT2D eigenvalue weighted by molar-refractivity contribution is 9.10. The van der Waals surface area contributed by atoms with Gasteiger partial charge in [0.05, 0.1) is 5.60 Å². The van der Waals surface area contributed by atoms with Gasteiger partial charge in [0.15, 0.2) is 0 Å². The standard InChI is InChI=1S/C16H24BrN3O3/c1-15(2,3)23-14(21)19-8-10-5-11(17)9-18-13(10)20-12-6-16(4,22)7-12/h5,9,12,22H,6-8H2,1-4H3,(H,18,20)(H,19,21). The van der Waals surface area contributed by atoms with E-state index in [0.29, 0.717) is 25.2 Å². The molecule has 0 atom stereocenters. The van der Waals surface area contributed by atoms with Crippen molar-refractivity contribution in [3.8, 4) is 0 Å². The molecule has 1 aliphatic carbocycles.